The molecule has 4 nitrogen and oxygen atoms in total. The molecule has 6 heteroatoms. The largest absolute Gasteiger partial charge is 0.319 e. The van der Waals surface area contributed by atoms with Crippen LogP contribution in [-0.2, 0) is 42.7 Å². The first-order chi connectivity index (χ1) is 33.2. The maximum Gasteiger partial charge on any atom is 0.191 e. The van der Waals surface area contributed by atoms with Gasteiger partial charge in [0.1, 0.15) is 11.5 Å². The molecule has 0 aliphatic carbocycles. The molecule has 0 N–H and O–H groups in total. The number of rotatable bonds is 7. The second-order valence-electron chi connectivity index (χ2n) is 24.3. The Hall–Kier alpha value is -5.84. The van der Waals surface area contributed by atoms with Crippen LogP contribution in [-0.4, -0.2) is 22.9 Å². The van der Waals surface area contributed by atoms with E-state index < -0.39 is 0 Å². The van der Waals surface area contributed by atoms with E-state index in [0.717, 1.165) is 45.5 Å². The van der Waals surface area contributed by atoms with Gasteiger partial charge in [0, 0.05) is 62.2 Å². The van der Waals surface area contributed by atoms with Crippen LogP contribution in [0.4, 0.5) is 22.7 Å². The fraction of sp³-hybridized carbons (Fsp3) is 0.262. The first-order valence-electron chi connectivity index (χ1n) is 25.2. The summed E-state index contributed by atoms with van der Waals surface area (Å²) in [6.45, 7) is 31.1. The number of pyridine rings is 1. The number of fused-ring (bicyclic) bond motifs is 3. The molecule has 0 amide bonds. The molecule has 9 aromatic rings. The maximum absolute atomic E-state index is 5.00. The average molecular weight is 1110 g/mol. The van der Waals surface area contributed by atoms with Crippen LogP contribution in [0.15, 0.2) is 164 Å². The van der Waals surface area contributed by atoms with E-state index in [1.54, 1.807) is 0 Å². The summed E-state index contributed by atoms with van der Waals surface area (Å²) in [5.74, 6) is 0.905. The zero-order chi connectivity index (χ0) is 49.2. The molecule has 0 spiro atoms. The minimum absolute atomic E-state index is 0. The molecule has 2 atom stereocenters. The molecule has 3 aliphatic rings. The third kappa shape index (κ3) is 8.17. The van der Waals surface area contributed by atoms with Gasteiger partial charge in [0.05, 0.1) is 6.67 Å². The Morgan fingerprint density at radius 1 is 0.535 bits per heavy atom. The second-order valence-corrected chi connectivity index (χ2v) is 24.3. The molecule has 3 aliphatic heterocycles. The molecule has 5 heterocycles. The van der Waals surface area contributed by atoms with Crippen LogP contribution in [0.3, 0.4) is 0 Å². The summed E-state index contributed by atoms with van der Waals surface area (Å²) in [4.78, 5) is 5.00. The predicted octanol–water partition coefficient (Wildman–Crippen LogP) is 14.5. The topological polar surface area (TPSA) is 17.8 Å². The van der Waals surface area contributed by atoms with Gasteiger partial charge in [0.25, 0.3) is 0 Å². The Labute approximate surface area is 437 Å². The molecule has 2 aromatic heterocycles. The minimum Gasteiger partial charge on any atom is -0.319 e. The van der Waals surface area contributed by atoms with Crippen LogP contribution in [0, 0.1) is 18.8 Å². The van der Waals surface area contributed by atoms with Gasteiger partial charge in [-0.3, -0.25) is 4.48 Å². The first-order valence-corrected chi connectivity index (χ1v) is 25.2. The fourth-order valence-corrected chi connectivity index (χ4v) is 11.2. The van der Waals surface area contributed by atoms with Crippen molar-refractivity contribution in [1.29, 1.82) is 0 Å². The first kappa shape index (κ1) is 48.8. The maximum atomic E-state index is 5.00. The smallest absolute Gasteiger partial charge is 0.191 e. The summed E-state index contributed by atoms with van der Waals surface area (Å²) in [5, 5.41) is 2.36. The SMILES string of the molecule is CC(C)(C)c1cccc(-c2cccc3c2[N@@+]2(c4cc(C(C)(C)C)cc(C(C)(C)C)c4)[CH-][N@+]3(c3[c-]c(B(c4[c-]c5c(cc4)c4ccccc4n5-c4cc(C(C)(C)C)ccn4)c4ccccc4)ccc3)C2)c1.[Pt]. The van der Waals surface area contributed by atoms with E-state index in [1.165, 1.54) is 61.3 Å². The van der Waals surface area contributed by atoms with Crippen molar-refractivity contribution in [2.45, 2.75) is 105 Å². The van der Waals surface area contributed by atoms with Crippen molar-refractivity contribution in [1.82, 2.24) is 18.5 Å². The predicted molar refractivity (Wildman–Crippen MR) is 299 cm³/mol. The van der Waals surface area contributed by atoms with Crippen molar-refractivity contribution in [3.05, 3.63) is 205 Å². The standard InChI is InChI=1S/C65H66BN4.Pt/c1-62(2,3)45-22-18-21-44(35-45)54-28-20-30-59-61(54)70(53-37-47(64(7,8)9)36-48(38-53)65(10,11)12)42-69(59,43-70)52-26-19-25-50(40-52)66(49-23-14-13-15-24-49)51-31-32-56-55-27-16-17-29-57(55)68(58(56)41-51)60-39-46(33-34-67-60)63(4,5)6;/h13-39,42H,43H2,1-12H3;/q-1;/t69-,70+;/m1./s1. The summed E-state index contributed by atoms with van der Waals surface area (Å²) in [6.07, 6.45) is 1.95. The zero-order valence-electron chi connectivity index (χ0n) is 43.6. The summed E-state index contributed by atoms with van der Waals surface area (Å²) < 4.78 is 3.58. The number of aromatic nitrogens is 2. The Morgan fingerprint density at radius 2 is 1.15 bits per heavy atom. The van der Waals surface area contributed by atoms with Gasteiger partial charge in [0.2, 0.25) is 0 Å². The van der Waals surface area contributed by atoms with Crippen LogP contribution in [0.2, 0.25) is 0 Å². The van der Waals surface area contributed by atoms with Gasteiger partial charge in [0.15, 0.2) is 24.8 Å². The number of hydrogen-bond acceptors (Lipinski definition) is 1. The molecule has 0 unspecified atom stereocenters. The van der Waals surface area contributed by atoms with Gasteiger partial charge in [-0.1, -0.05) is 179 Å². The van der Waals surface area contributed by atoms with E-state index in [9.17, 15) is 0 Å². The number of nitrogens with zero attached hydrogens (tertiary/aromatic N) is 4. The molecule has 0 radical (unpaired) electrons. The Bertz CT molecular complexity index is 3470. The number of hydrogen-bond donors (Lipinski definition) is 0. The average Bonchev–Trinajstić information content (AvgIpc) is 3.92. The monoisotopic (exact) mass is 1110 g/mol. The van der Waals surface area contributed by atoms with E-state index >= 15 is 0 Å². The van der Waals surface area contributed by atoms with E-state index in [0.29, 0.717) is 8.97 Å². The zero-order valence-corrected chi connectivity index (χ0v) is 45.8. The van der Waals surface area contributed by atoms with Gasteiger partial charge >= 0.3 is 0 Å². The van der Waals surface area contributed by atoms with E-state index in [2.05, 4.69) is 264 Å². The third-order valence-electron chi connectivity index (χ3n) is 15.3. The minimum atomic E-state index is -0.129. The molecule has 12 rings (SSSR count). The van der Waals surface area contributed by atoms with Gasteiger partial charge in [-0.2, -0.15) is 41.3 Å². The van der Waals surface area contributed by atoms with E-state index in [1.807, 2.05) is 6.20 Å². The Morgan fingerprint density at radius 3 is 1.85 bits per heavy atom. The fourth-order valence-electron chi connectivity index (χ4n) is 11.2. The summed E-state index contributed by atoms with van der Waals surface area (Å²) in [7, 11) is 0. The molecule has 2 bridgehead atoms. The molecule has 71 heavy (non-hydrogen) atoms. The van der Waals surface area contributed by atoms with Gasteiger partial charge in [-0.25, -0.2) is 4.98 Å². The molecular formula is C65H66BN4Pt-. The third-order valence-corrected chi connectivity index (χ3v) is 15.3. The Kier molecular flexibility index (Phi) is 11.8. The van der Waals surface area contributed by atoms with Crippen LogP contribution >= 0.6 is 0 Å². The number of benzene rings is 7. The normalized spacial score (nSPS) is 17.7. The number of para-hydroxylation sites is 2. The molecule has 7 aromatic carbocycles. The van der Waals surface area contributed by atoms with E-state index in [-0.39, 0.29) is 49.4 Å². The van der Waals surface area contributed by atoms with Crippen LogP contribution in [0.25, 0.3) is 38.8 Å². The van der Waals surface area contributed by atoms with Crippen molar-refractivity contribution in [2.75, 3.05) is 6.67 Å². The summed E-state index contributed by atoms with van der Waals surface area (Å²) in [6, 6.07) is 67.4. The van der Waals surface area contributed by atoms with Gasteiger partial charge in [-0.05, 0) is 79.1 Å². The molecule has 1 saturated heterocycles. The van der Waals surface area contributed by atoms with E-state index in [4.69, 9.17) is 4.98 Å². The molecule has 360 valence electrons. The van der Waals surface area contributed by atoms with Crippen molar-refractivity contribution >= 4 is 67.7 Å². The van der Waals surface area contributed by atoms with Crippen molar-refractivity contribution in [2.24, 2.45) is 0 Å². The summed E-state index contributed by atoms with van der Waals surface area (Å²) >= 11 is 0. The van der Waals surface area contributed by atoms with Gasteiger partial charge < -0.3 is 9.05 Å². The molecule has 1 fully saturated rings. The molecule has 0 saturated carbocycles. The van der Waals surface area contributed by atoms with Crippen molar-refractivity contribution in [3.63, 3.8) is 0 Å². The van der Waals surface area contributed by atoms with Crippen molar-refractivity contribution < 1.29 is 21.1 Å². The van der Waals surface area contributed by atoms with Crippen LogP contribution < -0.4 is 25.4 Å². The van der Waals surface area contributed by atoms with Gasteiger partial charge in [-0.15, -0.1) is 17.5 Å². The quantitative estimate of drug-likeness (QED) is 0.0883. The molecular weight excluding hydrogens is 1040 g/mol. The van der Waals surface area contributed by atoms with Crippen LogP contribution in [0.1, 0.15) is 105 Å². The van der Waals surface area contributed by atoms with Crippen molar-refractivity contribution in [3.8, 4) is 16.9 Å². The number of quaternary nitrogens is 2. The Balaban J connectivity index is 0.00000582. The van der Waals surface area contributed by atoms with Crippen LogP contribution in [0.5, 0.6) is 0 Å². The second kappa shape index (κ2) is 17.2. The summed E-state index contributed by atoms with van der Waals surface area (Å²) in [5.41, 5.74) is 18.5.